The molecule has 0 radical (unpaired) electrons. The van der Waals surface area contributed by atoms with Crippen LogP contribution in [0.3, 0.4) is 0 Å². The highest BCUT2D eigenvalue weighted by atomic mass is 16.5. The largest absolute Gasteiger partial charge is 0.342 e. The number of aryl methyl sites for hydroxylation is 1. The predicted octanol–water partition coefficient (Wildman–Crippen LogP) is 2.71. The second-order valence-corrected chi connectivity index (χ2v) is 6.44. The van der Waals surface area contributed by atoms with Gasteiger partial charge < -0.3 is 14.7 Å². The van der Waals surface area contributed by atoms with Crippen molar-refractivity contribution >= 4 is 5.91 Å². The molecule has 1 aromatic heterocycles. The highest BCUT2D eigenvalue weighted by molar-refractivity contribution is 5.75. The van der Waals surface area contributed by atoms with Crippen LogP contribution in [-0.4, -0.2) is 40.1 Å². The lowest BCUT2D eigenvalue weighted by atomic mass is 9.89. The molecule has 0 saturated carbocycles. The Morgan fingerprint density at radius 2 is 2.22 bits per heavy atom. The first-order valence-electron chi connectivity index (χ1n) is 8.95. The number of hydrogen-bond donors (Lipinski definition) is 1. The molecule has 1 aromatic rings. The first-order chi connectivity index (χ1) is 11.1. The Bertz CT molecular complexity index is 503. The van der Waals surface area contributed by atoms with Crippen molar-refractivity contribution in [2.45, 2.75) is 71.9 Å². The fourth-order valence-corrected chi connectivity index (χ4v) is 3.28. The van der Waals surface area contributed by atoms with Gasteiger partial charge >= 0.3 is 0 Å². The lowest BCUT2D eigenvalue weighted by molar-refractivity contribution is -0.133. The average molecular weight is 322 g/mol. The van der Waals surface area contributed by atoms with Gasteiger partial charge in [0.15, 0.2) is 5.82 Å². The molecular weight excluding hydrogens is 292 g/mol. The van der Waals surface area contributed by atoms with Crippen LogP contribution < -0.4 is 5.32 Å². The third kappa shape index (κ3) is 4.53. The Morgan fingerprint density at radius 1 is 1.43 bits per heavy atom. The summed E-state index contributed by atoms with van der Waals surface area (Å²) in [6.07, 6.45) is 4.49. The van der Waals surface area contributed by atoms with Gasteiger partial charge in [-0.25, -0.2) is 0 Å². The predicted molar refractivity (Wildman–Crippen MR) is 88.9 cm³/mol. The molecule has 0 spiro atoms. The van der Waals surface area contributed by atoms with E-state index in [1.54, 1.807) is 0 Å². The summed E-state index contributed by atoms with van der Waals surface area (Å²) in [5, 5.41) is 7.66. The molecule has 1 saturated heterocycles. The van der Waals surface area contributed by atoms with Gasteiger partial charge in [-0.1, -0.05) is 32.3 Å². The Balaban J connectivity index is 1.94. The highest BCUT2D eigenvalue weighted by Gasteiger charge is 2.31. The van der Waals surface area contributed by atoms with Crippen molar-refractivity contribution in [3.05, 3.63) is 11.7 Å². The van der Waals surface area contributed by atoms with Crippen LogP contribution in [0.4, 0.5) is 0 Å². The van der Waals surface area contributed by atoms with Crippen molar-refractivity contribution in [3.63, 3.8) is 0 Å². The Kier molecular flexibility index (Phi) is 6.57. The molecule has 130 valence electrons. The molecule has 1 fully saturated rings. The molecule has 1 aliphatic rings. The maximum atomic E-state index is 11.9. The van der Waals surface area contributed by atoms with E-state index < -0.39 is 0 Å². The van der Waals surface area contributed by atoms with Gasteiger partial charge in [0.25, 0.3) is 0 Å². The summed E-state index contributed by atoms with van der Waals surface area (Å²) in [5.41, 5.74) is 0. The summed E-state index contributed by atoms with van der Waals surface area (Å²) in [6.45, 7) is 9.97. The number of carbonyl (C=O) groups excluding carboxylic acids is 1. The summed E-state index contributed by atoms with van der Waals surface area (Å²) in [7, 11) is 0. The number of hydrogen-bond acceptors (Lipinski definition) is 5. The molecule has 0 aromatic carbocycles. The van der Waals surface area contributed by atoms with Crippen LogP contribution in [0.5, 0.6) is 0 Å². The second-order valence-electron chi connectivity index (χ2n) is 6.44. The Labute approximate surface area is 139 Å². The molecular formula is C17H30N4O2. The number of likely N-dealkylation sites (tertiary alicyclic amines) is 1. The first-order valence-corrected chi connectivity index (χ1v) is 8.95. The van der Waals surface area contributed by atoms with Gasteiger partial charge in [-0.15, -0.1) is 0 Å². The maximum absolute atomic E-state index is 11.9. The number of nitrogens with zero attached hydrogens (tertiary/aromatic N) is 3. The standard InChI is InChI=1S/C17H30N4O2/c1-5-8-15-19-17(23-20-15)12(4)18-14-9-10-21(16(22)7-3)11-13(14)6-2/h12-14,18H,5-11H2,1-4H3. The summed E-state index contributed by atoms with van der Waals surface area (Å²) in [5.74, 6) is 2.18. The van der Waals surface area contributed by atoms with Crippen LogP contribution in [0, 0.1) is 5.92 Å². The number of nitrogens with one attached hydrogen (secondary N) is 1. The second kappa shape index (κ2) is 8.43. The normalized spacial score (nSPS) is 23.0. The monoisotopic (exact) mass is 322 g/mol. The minimum atomic E-state index is 0.0422. The summed E-state index contributed by atoms with van der Waals surface area (Å²) in [4.78, 5) is 18.4. The first kappa shape index (κ1) is 17.9. The van der Waals surface area contributed by atoms with Crippen LogP contribution >= 0.6 is 0 Å². The molecule has 0 bridgehead atoms. The topological polar surface area (TPSA) is 71.3 Å². The zero-order chi connectivity index (χ0) is 16.8. The van der Waals surface area contributed by atoms with E-state index in [9.17, 15) is 4.79 Å². The third-order valence-corrected chi connectivity index (χ3v) is 4.71. The smallest absolute Gasteiger partial charge is 0.243 e. The van der Waals surface area contributed by atoms with Gasteiger partial charge in [-0.3, -0.25) is 4.79 Å². The number of amides is 1. The van der Waals surface area contributed by atoms with Crippen molar-refractivity contribution in [1.29, 1.82) is 0 Å². The fourth-order valence-electron chi connectivity index (χ4n) is 3.28. The van der Waals surface area contributed by atoms with Crippen LogP contribution in [0.1, 0.15) is 71.1 Å². The Hall–Kier alpha value is -1.43. The third-order valence-electron chi connectivity index (χ3n) is 4.71. The fraction of sp³-hybridized carbons (Fsp3) is 0.824. The van der Waals surface area contributed by atoms with Crippen LogP contribution in [0.25, 0.3) is 0 Å². The molecule has 1 amide bonds. The molecule has 3 unspecified atom stereocenters. The Morgan fingerprint density at radius 3 is 2.87 bits per heavy atom. The average Bonchev–Trinajstić information content (AvgIpc) is 3.03. The number of rotatable bonds is 7. The van der Waals surface area contributed by atoms with E-state index >= 15 is 0 Å². The van der Waals surface area contributed by atoms with Gasteiger partial charge in [0.2, 0.25) is 11.8 Å². The van der Waals surface area contributed by atoms with E-state index in [0.29, 0.717) is 24.3 Å². The maximum Gasteiger partial charge on any atom is 0.243 e. The summed E-state index contributed by atoms with van der Waals surface area (Å²) < 4.78 is 5.38. The van der Waals surface area contributed by atoms with Crippen LogP contribution in [-0.2, 0) is 11.2 Å². The lowest BCUT2D eigenvalue weighted by Crippen LogP contribution is -2.51. The van der Waals surface area contributed by atoms with E-state index in [4.69, 9.17) is 4.52 Å². The zero-order valence-electron chi connectivity index (χ0n) is 14.8. The van der Waals surface area contributed by atoms with Gasteiger partial charge in [0, 0.05) is 32.0 Å². The van der Waals surface area contributed by atoms with Crippen LogP contribution in [0.15, 0.2) is 4.52 Å². The zero-order valence-corrected chi connectivity index (χ0v) is 14.8. The SMILES string of the molecule is CCCc1noc(C(C)NC2CCN(C(=O)CC)CC2CC)n1. The molecule has 2 heterocycles. The molecule has 23 heavy (non-hydrogen) atoms. The molecule has 2 rings (SSSR count). The summed E-state index contributed by atoms with van der Waals surface area (Å²) in [6, 6.07) is 0.429. The highest BCUT2D eigenvalue weighted by Crippen LogP contribution is 2.23. The lowest BCUT2D eigenvalue weighted by Gasteiger charge is -2.39. The number of carbonyl (C=O) groups is 1. The van der Waals surface area contributed by atoms with E-state index in [-0.39, 0.29) is 11.9 Å². The van der Waals surface area contributed by atoms with Gasteiger partial charge in [-0.2, -0.15) is 4.98 Å². The quantitative estimate of drug-likeness (QED) is 0.835. The minimum Gasteiger partial charge on any atom is -0.342 e. The van der Waals surface area contributed by atoms with Crippen molar-refractivity contribution in [2.75, 3.05) is 13.1 Å². The molecule has 0 aliphatic carbocycles. The molecule has 1 N–H and O–H groups in total. The van der Waals surface area contributed by atoms with Crippen molar-refractivity contribution < 1.29 is 9.32 Å². The number of piperidine rings is 1. The van der Waals surface area contributed by atoms with E-state index in [2.05, 4.69) is 36.2 Å². The van der Waals surface area contributed by atoms with Crippen LogP contribution in [0.2, 0.25) is 0 Å². The number of aromatic nitrogens is 2. The van der Waals surface area contributed by atoms with E-state index in [1.807, 2.05) is 11.8 Å². The summed E-state index contributed by atoms with van der Waals surface area (Å²) >= 11 is 0. The molecule has 3 atom stereocenters. The van der Waals surface area contributed by atoms with Gasteiger partial charge in [-0.05, 0) is 25.7 Å². The molecule has 6 nitrogen and oxygen atoms in total. The van der Waals surface area contributed by atoms with E-state index in [1.165, 1.54) is 0 Å². The van der Waals surface area contributed by atoms with Gasteiger partial charge in [0.1, 0.15) is 0 Å². The minimum absolute atomic E-state index is 0.0422. The van der Waals surface area contributed by atoms with Gasteiger partial charge in [0.05, 0.1) is 6.04 Å². The molecule has 6 heteroatoms. The van der Waals surface area contributed by atoms with Crippen molar-refractivity contribution in [2.24, 2.45) is 5.92 Å². The van der Waals surface area contributed by atoms with E-state index in [0.717, 1.165) is 44.6 Å². The molecule has 1 aliphatic heterocycles. The van der Waals surface area contributed by atoms with Crippen molar-refractivity contribution in [3.8, 4) is 0 Å². The van der Waals surface area contributed by atoms with Crippen molar-refractivity contribution in [1.82, 2.24) is 20.4 Å².